The van der Waals surface area contributed by atoms with Crippen LogP contribution in [0, 0.1) is 0 Å². The summed E-state index contributed by atoms with van der Waals surface area (Å²) in [5, 5.41) is 7.21. The maximum Gasteiger partial charge on any atom is 0.252 e. The number of rotatable bonds is 3. The number of amides is 1. The van der Waals surface area contributed by atoms with Gasteiger partial charge in [-0.25, -0.2) is 4.98 Å². The Bertz CT molecular complexity index is 703. The zero-order valence-electron chi connectivity index (χ0n) is 12.3. The summed E-state index contributed by atoms with van der Waals surface area (Å²) in [4.78, 5) is 32.2. The van der Waals surface area contributed by atoms with Gasteiger partial charge < -0.3 is 10.2 Å². The molecule has 0 unspecified atom stereocenters. The molecule has 3 heterocycles. The average Bonchev–Trinajstić information content (AvgIpc) is 3.01. The molecule has 1 saturated heterocycles. The van der Waals surface area contributed by atoms with Crippen molar-refractivity contribution in [3.05, 3.63) is 33.2 Å². The summed E-state index contributed by atoms with van der Waals surface area (Å²) in [7, 11) is 0. The van der Waals surface area contributed by atoms with Gasteiger partial charge in [0.05, 0.1) is 5.69 Å². The van der Waals surface area contributed by atoms with Gasteiger partial charge in [-0.2, -0.15) is 11.3 Å². The van der Waals surface area contributed by atoms with E-state index >= 15 is 0 Å². The van der Waals surface area contributed by atoms with E-state index in [1.807, 2.05) is 21.7 Å². The fourth-order valence-corrected chi connectivity index (χ4v) is 3.27. The van der Waals surface area contributed by atoms with Gasteiger partial charge in [-0.1, -0.05) is 0 Å². The normalized spacial score (nSPS) is 15.8. The van der Waals surface area contributed by atoms with E-state index in [9.17, 15) is 9.59 Å². The van der Waals surface area contributed by atoms with Gasteiger partial charge in [0.15, 0.2) is 0 Å². The number of carbonyl (C=O) groups is 1. The Labute approximate surface area is 132 Å². The lowest BCUT2D eigenvalue weighted by Gasteiger charge is -2.31. The van der Waals surface area contributed by atoms with Crippen LogP contribution in [0.3, 0.4) is 0 Å². The number of aromatic nitrogens is 2. The lowest BCUT2D eigenvalue weighted by Crippen LogP contribution is -2.41. The molecular formula is C15H18N4O2S. The van der Waals surface area contributed by atoms with E-state index in [2.05, 4.69) is 15.3 Å². The van der Waals surface area contributed by atoms with Crippen molar-refractivity contribution < 1.29 is 4.79 Å². The van der Waals surface area contributed by atoms with Crippen LogP contribution in [-0.2, 0) is 4.79 Å². The highest BCUT2D eigenvalue weighted by molar-refractivity contribution is 7.08. The molecule has 0 radical (unpaired) electrons. The molecule has 6 nitrogen and oxygen atoms in total. The number of hydrogen-bond acceptors (Lipinski definition) is 5. The fourth-order valence-electron chi connectivity index (χ4n) is 2.62. The van der Waals surface area contributed by atoms with Crippen LogP contribution in [0.4, 0.5) is 5.95 Å². The first kappa shape index (κ1) is 14.8. The van der Waals surface area contributed by atoms with Crippen LogP contribution in [0.15, 0.2) is 27.7 Å². The van der Waals surface area contributed by atoms with Gasteiger partial charge in [0.1, 0.15) is 0 Å². The van der Waals surface area contributed by atoms with E-state index in [0.717, 1.165) is 31.5 Å². The third-order valence-electron chi connectivity index (χ3n) is 3.84. The molecule has 0 aliphatic carbocycles. The number of carbonyl (C=O) groups excluding carboxylic acids is 1. The molecule has 0 bridgehead atoms. The second-order valence-corrected chi connectivity index (χ2v) is 6.20. The second-order valence-electron chi connectivity index (χ2n) is 5.42. The molecule has 0 aromatic carbocycles. The van der Waals surface area contributed by atoms with Gasteiger partial charge in [-0.3, -0.25) is 14.6 Å². The first-order valence-electron chi connectivity index (χ1n) is 7.28. The average molecular weight is 318 g/mol. The number of aromatic amines is 1. The molecule has 0 spiro atoms. The summed E-state index contributed by atoms with van der Waals surface area (Å²) in [5.74, 6) is 0.611. The first-order valence-corrected chi connectivity index (χ1v) is 8.22. The van der Waals surface area contributed by atoms with Crippen LogP contribution in [0.5, 0.6) is 0 Å². The van der Waals surface area contributed by atoms with Gasteiger partial charge in [-0.05, 0) is 24.3 Å². The summed E-state index contributed by atoms with van der Waals surface area (Å²) in [5.41, 5.74) is 1.46. The minimum atomic E-state index is -0.167. The van der Waals surface area contributed by atoms with Crippen LogP contribution in [0.25, 0.3) is 11.3 Å². The van der Waals surface area contributed by atoms with E-state index in [4.69, 9.17) is 0 Å². The summed E-state index contributed by atoms with van der Waals surface area (Å²) < 4.78 is 0. The zero-order valence-corrected chi connectivity index (χ0v) is 13.2. The van der Waals surface area contributed by atoms with Gasteiger partial charge in [0, 0.05) is 43.1 Å². The Morgan fingerprint density at radius 1 is 1.45 bits per heavy atom. The Balaban J connectivity index is 1.71. The molecule has 0 saturated carbocycles. The first-order chi connectivity index (χ1) is 10.6. The third kappa shape index (κ3) is 3.36. The number of nitrogens with zero attached hydrogens (tertiary/aromatic N) is 2. The van der Waals surface area contributed by atoms with E-state index in [0.29, 0.717) is 11.6 Å². The molecule has 1 aliphatic rings. The quantitative estimate of drug-likeness (QED) is 0.906. The molecule has 116 valence electrons. The highest BCUT2D eigenvalue weighted by Crippen LogP contribution is 2.20. The van der Waals surface area contributed by atoms with Crippen molar-refractivity contribution in [2.75, 3.05) is 18.4 Å². The van der Waals surface area contributed by atoms with Gasteiger partial charge >= 0.3 is 0 Å². The molecule has 1 fully saturated rings. The van der Waals surface area contributed by atoms with Gasteiger partial charge in [0.25, 0.3) is 5.56 Å². The summed E-state index contributed by atoms with van der Waals surface area (Å²) in [6.45, 7) is 3.07. The molecule has 0 atom stereocenters. The number of likely N-dealkylation sites (tertiary alicyclic amines) is 1. The summed E-state index contributed by atoms with van der Waals surface area (Å²) in [6, 6.07) is 3.67. The van der Waals surface area contributed by atoms with Crippen molar-refractivity contribution in [1.82, 2.24) is 14.9 Å². The molecule has 2 aromatic rings. The van der Waals surface area contributed by atoms with Crippen molar-refractivity contribution in [1.29, 1.82) is 0 Å². The van der Waals surface area contributed by atoms with Crippen molar-refractivity contribution >= 4 is 23.2 Å². The molecular weight excluding hydrogens is 300 g/mol. The Morgan fingerprint density at radius 2 is 2.23 bits per heavy atom. The fraction of sp³-hybridized carbons (Fsp3) is 0.400. The van der Waals surface area contributed by atoms with E-state index < -0.39 is 0 Å². The number of thiophene rings is 1. The lowest BCUT2D eigenvalue weighted by molar-refractivity contribution is -0.129. The van der Waals surface area contributed by atoms with E-state index in [1.165, 1.54) is 6.07 Å². The molecule has 3 rings (SSSR count). The largest absolute Gasteiger partial charge is 0.353 e. The SMILES string of the molecule is CC(=O)N1CCC(Nc2nc(-c3ccsc3)cc(=O)[nH]2)CC1. The highest BCUT2D eigenvalue weighted by atomic mass is 32.1. The van der Waals surface area contributed by atoms with Crippen molar-refractivity contribution in [2.24, 2.45) is 0 Å². The number of nitrogens with one attached hydrogen (secondary N) is 2. The highest BCUT2D eigenvalue weighted by Gasteiger charge is 2.21. The Kier molecular flexibility index (Phi) is 4.24. The third-order valence-corrected chi connectivity index (χ3v) is 4.52. The minimum Gasteiger partial charge on any atom is -0.353 e. The lowest BCUT2D eigenvalue weighted by atomic mass is 10.1. The number of piperidine rings is 1. The predicted molar refractivity (Wildman–Crippen MR) is 87.1 cm³/mol. The topological polar surface area (TPSA) is 78.1 Å². The standard InChI is InChI=1S/C15H18N4O2S/c1-10(20)19-5-2-12(3-6-19)16-15-17-13(8-14(21)18-15)11-4-7-22-9-11/h4,7-9,12H,2-3,5-6H2,1H3,(H2,16,17,18,21). The second kappa shape index (κ2) is 6.31. The molecule has 2 N–H and O–H groups in total. The molecule has 2 aromatic heterocycles. The molecule has 7 heteroatoms. The van der Waals surface area contributed by atoms with Crippen LogP contribution < -0.4 is 10.9 Å². The Hall–Kier alpha value is -2.15. The van der Waals surface area contributed by atoms with Crippen LogP contribution in [0.2, 0.25) is 0 Å². The van der Waals surface area contributed by atoms with Crippen molar-refractivity contribution in [2.45, 2.75) is 25.8 Å². The van der Waals surface area contributed by atoms with Crippen molar-refractivity contribution in [3.8, 4) is 11.3 Å². The van der Waals surface area contributed by atoms with Crippen molar-refractivity contribution in [3.63, 3.8) is 0 Å². The Morgan fingerprint density at radius 3 is 2.86 bits per heavy atom. The monoisotopic (exact) mass is 318 g/mol. The van der Waals surface area contributed by atoms with Gasteiger partial charge in [0.2, 0.25) is 11.9 Å². The molecule has 22 heavy (non-hydrogen) atoms. The van der Waals surface area contributed by atoms with E-state index in [-0.39, 0.29) is 17.5 Å². The maximum atomic E-state index is 11.8. The number of hydrogen-bond donors (Lipinski definition) is 2. The molecule has 1 aliphatic heterocycles. The predicted octanol–water partition coefficient (Wildman–Crippen LogP) is 1.92. The molecule has 1 amide bonds. The van der Waals surface area contributed by atoms with E-state index in [1.54, 1.807) is 18.3 Å². The number of anilines is 1. The van der Waals surface area contributed by atoms with Gasteiger partial charge in [-0.15, -0.1) is 0 Å². The smallest absolute Gasteiger partial charge is 0.252 e. The van der Waals surface area contributed by atoms with Crippen LogP contribution in [0.1, 0.15) is 19.8 Å². The van der Waals surface area contributed by atoms with Crippen LogP contribution in [-0.4, -0.2) is 39.9 Å². The maximum absolute atomic E-state index is 11.8. The zero-order chi connectivity index (χ0) is 15.5. The minimum absolute atomic E-state index is 0.115. The number of H-pyrrole nitrogens is 1. The summed E-state index contributed by atoms with van der Waals surface area (Å²) >= 11 is 1.57. The van der Waals surface area contributed by atoms with Crippen LogP contribution >= 0.6 is 11.3 Å². The summed E-state index contributed by atoms with van der Waals surface area (Å²) in [6.07, 6.45) is 1.71.